The predicted octanol–water partition coefficient (Wildman–Crippen LogP) is 3.47. The summed E-state index contributed by atoms with van der Waals surface area (Å²) >= 11 is 0. The molecular formula is C20H20N4O3. The van der Waals surface area contributed by atoms with E-state index in [9.17, 15) is 9.90 Å². The number of methoxy groups -OCH3 is 1. The van der Waals surface area contributed by atoms with Crippen molar-refractivity contribution >= 4 is 34.3 Å². The average Bonchev–Trinajstić information content (AvgIpc) is 3.23. The lowest BCUT2D eigenvalue weighted by molar-refractivity contribution is 0.0600. The second-order valence-electron chi connectivity index (χ2n) is 6.43. The zero-order valence-corrected chi connectivity index (χ0v) is 15.0. The Morgan fingerprint density at radius 3 is 2.48 bits per heavy atom. The number of aromatic nitrogens is 2. The van der Waals surface area contributed by atoms with Crippen molar-refractivity contribution in [1.29, 1.82) is 0 Å². The molecule has 7 nitrogen and oxygen atoms in total. The van der Waals surface area contributed by atoms with E-state index >= 15 is 0 Å². The first-order valence-electron chi connectivity index (χ1n) is 8.86. The molecule has 0 radical (unpaired) electrons. The summed E-state index contributed by atoms with van der Waals surface area (Å²) in [4.78, 5) is 23.3. The summed E-state index contributed by atoms with van der Waals surface area (Å²) in [5.74, 6) is 0.791. The number of rotatable bonds is 4. The second-order valence-corrected chi connectivity index (χ2v) is 6.43. The second kappa shape index (κ2) is 7.11. The first-order valence-corrected chi connectivity index (χ1v) is 8.86. The molecule has 1 aliphatic rings. The lowest BCUT2D eigenvalue weighted by atomic mass is 10.2. The van der Waals surface area contributed by atoms with Crippen molar-refractivity contribution < 1.29 is 14.6 Å². The SMILES string of the molecule is COC(=O)c1ccc(Nc2nc3ccccc3nc2N2CCCC2)c(O)c1. The molecule has 138 valence electrons. The maximum atomic E-state index is 11.6. The van der Waals surface area contributed by atoms with Crippen LogP contribution in [-0.4, -0.2) is 41.2 Å². The molecule has 0 bridgehead atoms. The molecule has 1 saturated heterocycles. The Morgan fingerprint density at radius 2 is 1.81 bits per heavy atom. The molecule has 1 fully saturated rings. The van der Waals surface area contributed by atoms with E-state index < -0.39 is 5.97 Å². The van der Waals surface area contributed by atoms with Crippen molar-refractivity contribution in [2.75, 3.05) is 30.4 Å². The molecule has 0 amide bonds. The number of aromatic hydroxyl groups is 1. The predicted molar refractivity (Wildman–Crippen MR) is 104 cm³/mol. The zero-order valence-electron chi connectivity index (χ0n) is 15.0. The number of hydrogen-bond acceptors (Lipinski definition) is 7. The fraction of sp³-hybridized carbons (Fsp3) is 0.250. The number of nitrogens with zero attached hydrogens (tertiary/aromatic N) is 3. The first-order chi connectivity index (χ1) is 13.2. The van der Waals surface area contributed by atoms with Crippen LogP contribution in [0.25, 0.3) is 11.0 Å². The van der Waals surface area contributed by atoms with E-state index in [2.05, 4.69) is 15.0 Å². The van der Waals surface area contributed by atoms with Crippen LogP contribution in [0, 0.1) is 0 Å². The highest BCUT2D eigenvalue weighted by atomic mass is 16.5. The van der Waals surface area contributed by atoms with Crippen molar-refractivity contribution in [3.05, 3.63) is 48.0 Å². The number of fused-ring (bicyclic) bond motifs is 1. The Labute approximate surface area is 156 Å². The van der Waals surface area contributed by atoms with Crippen LogP contribution < -0.4 is 10.2 Å². The van der Waals surface area contributed by atoms with Gasteiger partial charge in [-0.1, -0.05) is 12.1 Å². The molecule has 2 heterocycles. The van der Waals surface area contributed by atoms with Gasteiger partial charge >= 0.3 is 5.97 Å². The summed E-state index contributed by atoms with van der Waals surface area (Å²) in [6.45, 7) is 1.85. The number of benzene rings is 2. The average molecular weight is 364 g/mol. The first kappa shape index (κ1) is 17.1. The summed E-state index contributed by atoms with van der Waals surface area (Å²) in [5.41, 5.74) is 2.33. The third-order valence-corrected chi connectivity index (χ3v) is 4.63. The molecule has 1 aromatic heterocycles. The number of anilines is 3. The van der Waals surface area contributed by atoms with Gasteiger partial charge in [-0.2, -0.15) is 0 Å². The third-order valence-electron chi connectivity index (χ3n) is 4.63. The van der Waals surface area contributed by atoms with Crippen LogP contribution >= 0.6 is 0 Å². The molecule has 27 heavy (non-hydrogen) atoms. The highest BCUT2D eigenvalue weighted by molar-refractivity contribution is 5.91. The number of ether oxygens (including phenoxy) is 1. The molecule has 0 unspecified atom stereocenters. The van der Waals surface area contributed by atoms with Gasteiger partial charge in [-0.3, -0.25) is 0 Å². The van der Waals surface area contributed by atoms with Crippen molar-refractivity contribution in [1.82, 2.24) is 9.97 Å². The molecule has 0 atom stereocenters. The number of carbonyl (C=O) groups excluding carboxylic acids is 1. The van der Waals surface area contributed by atoms with E-state index in [1.807, 2.05) is 24.3 Å². The normalized spacial score (nSPS) is 13.7. The van der Waals surface area contributed by atoms with Crippen LogP contribution in [0.2, 0.25) is 0 Å². The highest BCUT2D eigenvalue weighted by Gasteiger charge is 2.20. The molecule has 4 rings (SSSR count). The number of phenols is 1. The van der Waals surface area contributed by atoms with Crippen molar-refractivity contribution in [2.45, 2.75) is 12.8 Å². The quantitative estimate of drug-likeness (QED) is 0.541. The van der Waals surface area contributed by atoms with E-state index in [1.165, 1.54) is 13.2 Å². The molecule has 0 saturated carbocycles. The molecule has 3 aromatic rings. The lowest BCUT2D eigenvalue weighted by Crippen LogP contribution is -2.21. The van der Waals surface area contributed by atoms with Gasteiger partial charge in [0.05, 0.1) is 29.4 Å². The minimum atomic E-state index is -0.500. The molecule has 2 aromatic carbocycles. The largest absolute Gasteiger partial charge is 0.506 e. The van der Waals surface area contributed by atoms with Crippen LogP contribution in [0.15, 0.2) is 42.5 Å². The number of esters is 1. The van der Waals surface area contributed by atoms with Crippen LogP contribution in [0.5, 0.6) is 5.75 Å². The van der Waals surface area contributed by atoms with Crippen molar-refractivity contribution in [2.24, 2.45) is 0 Å². The summed E-state index contributed by atoms with van der Waals surface area (Å²) in [6, 6.07) is 12.3. The standard InChI is InChI=1S/C20H20N4O3/c1-27-20(26)13-8-9-16(17(25)12-13)22-18-19(24-10-4-5-11-24)23-15-7-3-2-6-14(15)21-18/h2-3,6-9,12,25H,4-5,10-11H2,1H3,(H,21,22). The fourth-order valence-electron chi connectivity index (χ4n) is 3.23. The van der Waals surface area contributed by atoms with Gasteiger partial charge in [0, 0.05) is 13.1 Å². The molecular weight excluding hydrogens is 344 g/mol. The van der Waals surface area contributed by atoms with Crippen LogP contribution in [0.4, 0.5) is 17.3 Å². The topological polar surface area (TPSA) is 87.6 Å². The van der Waals surface area contributed by atoms with Gasteiger partial charge in [-0.05, 0) is 43.2 Å². The van der Waals surface area contributed by atoms with E-state index in [0.29, 0.717) is 11.5 Å². The molecule has 0 spiro atoms. The van der Waals surface area contributed by atoms with Gasteiger partial charge in [-0.15, -0.1) is 0 Å². The maximum absolute atomic E-state index is 11.6. The van der Waals surface area contributed by atoms with E-state index in [0.717, 1.165) is 42.8 Å². The van der Waals surface area contributed by atoms with Gasteiger partial charge in [0.1, 0.15) is 5.75 Å². The minimum Gasteiger partial charge on any atom is -0.506 e. The molecule has 7 heteroatoms. The van der Waals surface area contributed by atoms with Gasteiger partial charge in [0.2, 0.25) is 0 Å². The van der Waals surface area contributed by atoms with Crippen LogP contribution in [0.1, 0.15) is 23.2 Å². The van der Waals surface area contributed by atoms with Crippen LogP contribution in [0.3, 0.4) is 0 Å². The number of hydrogen-bond donors (Lipinski definition) is 2. The van der Waals surface area contributed by atoms with Crippen molar-refractivity contribution in [3.63, 3.8) is 0 Å². The number of para-hydroxylation sites is 2. The van der Waals surface area contributed by atoms with Gasteiger partial charge < -0.3 is 20.1 Å². The molecule has 0 aliphatic carbocycles. The monoisotopic (exact) mass is 364 g/mol. The zero-order chi connectivity index (χ0) is 18.8. The van der Waals surface area contributed by atoms with Crippen molar-refractivity contribution in [3.8, 4) is 5.75 Å². The smallest absolute Gasteiger partial charge is 0.337 e. The summed E-state index contributed by atoms with van der Waals surface area (Å²) < 4.78 is 4.68. The molecule has 1 aliphatic heterocycles. The van der Waals surface area contributed by atoms with Gasteiger partial charge in [-0.25, -0.2) is 14.8 Å². The maximum Gasteiger partial charge on any atom is 0.337 e. The van der Waals surface area contributed by atoms with E-state index in [1.54, 1.807) is 12.1 Å². The Balaban J connectivity index is 1.74. The minimum absolute atomic E-state index is 0.0553. The fourth-order valence-corrected chi connectivity index (χ4v) is 3.23. The van der Waals surface area contributed by atoms with E-state index in [4.69, 9.17) is 9.97 Å². The highest BCUT2D eigenvalue weighted by Crippen LogP contribution is 2.33. The molecule has 2 N–H and O–H groups in total. The Morgan fingerprint density at radius 1 is 1.11 bits per heavy atom. The summed E-state index contributed by atoms with van der Waals surface area (Å²) in [7, 11) is 1.30. The van der Waals surface area contributed by atoms with E-state index in [-0.39, 0.29) is 11.3 Å². The Hall–Kier alpha value is -3.35. The van der Waals surface area contributed by atoms with Gasteiger partial charge in [0.25, 0.3) is 0 Å². The van der Waals surface area contributed by atoms with Crippen LogP contribution in [-0.2, 0) is 4.74 Å². The number of carbonyl (C=O) groups is 1. The lowest BCUT2D eigenvalue weighted by Gasteiger charge is -2.21. The van der Waals surface area contributed by atoms with Gasteiger partial charge in [0.15, 0.2) is 11.6 Å². The Bertz CT molecular complexity index is 1000. The number of nitrogens with one attached hydrogen (secondary N) is 1. The third kappa shape index (κ3) is 3.36. The summed E-state index contributed by atoms with van der Waals surface area (Å²) in [5, 5.41) is 13.5. The summed E-state index contributed by atoms with van der Waals surface area (Å²) in [6.07, 6.45) is 2.24. The number of phenolic OH excluding ortho intramolecular Hbond substituents is 1. The Kier molecular flexibility index (Phi) is 4.50.